The van der Waals surface area contributed by atoms with E-state index < -0.39 is 11.9 Å². The van der Waals surface area contributed by atoms with Crippen LogP contribution in [0, 0.1) is 13.8 Å². The van der Waals surface area contributed by atoms with E-state index in [1.54, 1.807) is 6.92 Å². The van der Waals surface area contributed by atoms with E-state index in [2.05, 4.69) is 30.7 Å². The number of aromatic nitrogens is 4. The molecule has 5 atom stereocenters. The molecular weight excluding hydrogens is 632 g/mol. The van der Waals surface area contributed by atoms with E-state index in [1.807, 2.05) is 52.0 Å². The standard InChI is InChI=1S/C40H48N4O6/c1-10-24-19(4)26-17-31-33(23(8)45)21(6)28(42-31)15-27-20(5)25(11-12-32(46)50-14-13-18(2)3)37(43-27)35-36(40(48)49-9)39(47)34-22(7)29(44-38(34)35)16-30(24)41-26/h13,15-17,19-20,24-25,36,42,44-45,47H,10-12,14H2,1-9H3/b27-15?,30-16?,31-17?,33-23-. The van der Waals surface area contributed by atoms with Gasteiger partial charge in [0.05, 0.1) is 29.6 Å². The van der Waals surface area contributed by atoms with Crippen LogP contribution in [0.4, 0.5) is 0 Å². The quantitative estimate of drug-likeness (QED) is 0.154. The van der Waals surface area contributed by atoms with Crippen LogP contribution in [0.3, 0.4) is 0 Å². The Balaban J connectivity index is 1.70. The molecule has 1 aliphatic carbocycles. The van der Waals surface area contributed by atoms with Crippen molar-refractivity contribution in [3.63, 3.8) is 0 Å². The number of H-pyrrole nitrogens is 2. The Hall–Kier alpha value is -4.86. The van der Waals surface area contributed by atoms with Crippen LogP contribution in [-0.4, -0.2) is 55.8 Å². The molecule has 4 N–H and O–H groups in total. The zero-order valence-corrected chi connectivity index (χ0v) is 30.4. The number of fused-ring (bicyclic) bond motifs is 8. The third-order valence-electron chi connectivity index (χ3n) is 10.9. The molecule has 2 aliphatic heterocycles. The molecule has 5 unspecified atom stereocenters. The Kier molecular flexibility index (Phi) is 9.41. The van der Waals surface area contributed by atoms with Gasteiger partial charge >= 0.3 is 11.9 Å². The zero-order chi connectivity index (χ0) is 36.2. The second-order valence-corrected chi connectivity index (χ2v) is 14.2. The summed E-state index contributed by atoms with van der Waals surface area (Å²) in [5, 5.41) is 23.9. The Bertz CT molecular complexity index is 2220. The van der Waals surface area contributed by atoms with Crippen LogP contribution in [0.15, 0.2) is 29.8 Å². The molecule has 3 aromatic rings. The smallest absolute Gasteiger partial charge is 0.321 e. The third-order valence-corrected chi connectivity index (χ3v) is 10.9. The van der Waals surface area contributed by atoms with Gasteiger partial charge in [0.2, 0.25) is 0 Å². The highest BCUT2D eigenvalue weighted by Gasteiger charge is 2.41. The summed E-state index contributed by atoms with van der Waals surface area (Å²) in [5.74, 6) is -2.03. The van der Waals surface area contributed by atoms with E-state index in [0.717, 1.165) is 62.0 Å². The second kappa shape index (κ2) is 13.5. The number of allylic oxidation sites excluding steroid dienone is 1. The normalized spacial score (nSPS) is 21.6. The molecule has 10 nitrogen and oxygen atoms in total. The fraction of sp³-hybridized carbons (Fsp3) is 0.450. The maximum atomic E-state index is 13.5. The van der Waals surface area contributed by atoms with E-state index in [1.165, 1.54) is 7.11 Å². The van der Waals surface area contributed by atoms with Crippen molar-refractivity contribution < 1.29 is 29.3 Å². The highest BCUT2D eigenvalue weighted by atomic mass is 16.5. The van der Waals surface area contributed by atoms with E-state index >= 15 is 0 Å². The van der Waals surface area contributed by atoms with Crippen molar-refractivity contribution in [3.05, 3.63) is 79.8 Å². The van der Waals surface area contributed by atoms with Gasteiger partial charge in [0.1, 0.15) is 18.3 Å². The lowest BCUT2D eigenvalue weighted by atomic mass is 9.84. The van der Waals surface area contributed by atoms with Crippen LogP contribution in [0.25, 0.3) is 33.6 Å². The largest absolute Gasteiger partial charge is 0.512 e. The molecule has 50 heavy (non-hydrogen) atoms. The molecule has 0 radical (unpaired) electrons. The van der Waals surface area contributed by atoms with E-state index in [9.17, 15) is 19.8 Å². The number of hydrogen-bond acceptors (Lipinski definition) is 8. The Labute approximate surface area is 292 Å². The molecule has 3 aliphatic rings. The third kappa shape index (κ3) is 5.88. The molecule has 3 aromatic heterocycles. The Morgan fingerprint density at radius 2 is 1.56 bits per heavy atom. The highest BCUT2D eigenvalue weighted by Crippen LogP contribution is 2.46. The number of nitrogens with zero attached hydrogens (tertiary/aromatic N) is 2. The molecule has 0 saturated heterocycles. The average Bonchev–Trinajstić information content (AvgIpc) is 3.80. The number of rotatable bonds is 7. The lowest BCUT2D eigenvalue weighted by molar-refractivity contribution is -0.143. The zero-order valence-electron chi connectivity index (χ0n) is 30.4. The Morgan fingerprint density at radius 1 is 0.920 bits per heavy atom. The number of esters is 2. The van der Waals surface area contributed by atoms with Gasteiger partial charge in [-0.2, -0.15) is 0 Å². The first-order chi connectivity index (χ1) is 23.8. The van der Waals surface area contributed by atoms with Crippen molar-refractivity contribution in [1.29, 1.82) is 0 Å². The first-order valence-corrected chi connectivity index (χ1v) is 17.5. The lowest BCUT2D eigenvalue weighted by Crippen LogP contribution is -2.18. The molecule has 6 rings (SSSR count). The maximum Gasteiger partial charge on any atom is 0.321 e. The topological polar surface area (TPSA) is 150 Å². The average molecular weight is 681 g/mol. The summed E-state index contributed by atoms with van der Waals surface area (Å²) in [4.78, 5) is 43.8. The summed E-state index contributed by atoms with van der Waals surface area (Å²) >= 11 is 0. The van der Waals surface area contributed by atoms with Gasteiger partial charge in [-0.25, -0.2) is 0 Å². The molecule has 0 fully saturated rings. The van der Waals surface area contributed by atoms with Crippen molar-refractivity contribution in [3.8, 4) is 0 Å². The molecule has 10 heteroatoms. The number of carbonyl (C=O) groups excluding carboxylic acids is 2. The molecule has 264 valence electrons. The predicted octanol–water partition coefficient (Wildman–Crippen LogP) is 7.03. The van der Waals surface area contributed by atoms with Crippen molar-refractivity contribution in [1.82, 2.24) is 19.9 Å². The van der Waals surface area contributed by atoms with Crippen LogP contribution >= 0.6 is 0 Å². The van der Waals surface area contributed by atoms with Crippen LogP contribution in [-0.2, 0) is 19.1 Å². The predicted molar refractivity (Wildman–Crippen MR) is 194 cm³/mol. The summed E-state index contributed by atoms with van der Waals surface area (Å²) in [6, 6.07) is 6.07. The first kappa shape index (κ1) is 35.0. The number of aliphatic hydroxyl groups is 2. The molecule has 0 saturated carbocycles. The maximum absolute atomic E-state index is 13.5. The molecule has 5 heterocycles. The number of aliphatic hydroxyl groups excluding tert-OH is 2. The summed E-state index contributed by atoms with van der Waals surface area (Å²) in [5.41, 5.74) is 9.46. The summed E-state index contributed by atoms with van der Waals surface area (Å²) in [7, 11) is 1.31. The molecular formula is C40H48N4O6. The van der Waals surface area contributed by atoms with E-state index in [4.69, 9.17) is 19.4 Å². The van der Waals surface area contributed by atoms with Gasteiger partial charge in [0.25, 0.3) is 0 Å². The number of nitrogens with one attached hydrogen (secondary N) is 2. The monoisotopic (exact) mass is 680 g/mol. The molecule has 0 spiro atoms. The van der Waals surface area contributed by atoms with Crippen LogP contribution < -0.4 is 10.4 Å². The van der Waals surface area contributed by atoms with Gasteiger partial charge < -0.3 is 29.7 Å². The minimum atomic E-state index is -1.08. The lowest BCUT2D eigenvalue weighted by Gasteiger charge is -2.19. The fourth-order valence-electron chi connectivity index (χ4n) is 8.01. The fourth-order valence-corrected chi connectivity index (χ4v) is 8.01. The molecule has 8 bridgehead atoms. The van der Waals surface area contributed by atoms with Crippen molar-refractivity contribution in [2.24, 2.45) is 0 Å². The van der Waals surface area contributed by atoms with E-state index in [-0.39, 0.29) is 54.2 Å². The number of methoxy groups -OCH3 is 1. The highest BCUT2D eigenvalue weighted by molar-refractivity contribution is 5.96. The van der Waals surface area contributed by atoms with Gasteiger partial charge in [0, 0.05) is 74.2 Å². The van der Waals surface area contributed by atoms with Crippen molar-refractivity contribution >= 4 is 45.5 Å². The molecule has 0 aromatic carbocycles. The van der Waals surface area contributed by atoms with Gasteiger partial charge in [-0.05, 0) is 82.9 Å². The number of hydrogen-bond donors (Lipinski definition) is 4. The minimum Gasteiger partial charge on any atom is -0.512 e. The van der Waals surface area contributed by atoms with Crippen molar-refractivity contribution in [2.45, 2.75) is 104 Å². The summed E-state index contributed by atoms with van der Waals surface area (Å²) in [6.45, 7) is 16.1. The van der Waals surface area contributed by atoms with Crippen LogP contribution in [0.2, 0.25) is 0 Å². The first-order valence-electron chi connectivity index (χ1n) is 17.5. The van der Waals surface area contributed by atoms with Gasteiger partial charge in [-0.1, -0.05) is 26.3 Å². The number of ether oxygens (including phenoxy) is 2. The minimum absolute atomic E-state index is 0.0816. The van der Waals surface area contributed by atoms with Gasteiger partial charge in [-0.15, -0.1) is 0 Å². The summed E-state index contributed by atoms with van der Waals surface area (Å²) < 4.78 is 10.7. The number of aryl methyl sites for hydroxylation is 2. The second-order valence-electron chi connectivity index (χ2n) is 14.2. The van der Waals surface area contributed by atoms with Crippen LogP contribution in [0.1, 0.15) is 130 Å². The molecule has 0 amide bonds. The van der Waals surface area contributed by atoms with Crippen LogP contribution in [0.5, 0.6) is 0 Å². The summed E-state index contributed by atoms with van der Waals surface area (Å²) in [6.07, 6.45) is 3.30. The SMILES string of the molecule is CCC1c2cc3[nH]c4c(c5nc(cc6[nH]c(cc(n2)C1C)/c(=C(/C)O)c6C)C(C)C5CCC(=O)OCC=C(C)C)C(C(=O)OC)C(O)=c4c3C. The van der Waals surface area contributed by atoms with Crippen molar-refractivity contribution in [2.75, 3.05) is 13.7 Å². The van der Waals surface area contributed by atoms with Gasteiger partial charge in [0.15, 0.2) is 0 Å². The Morgan fingerprint density at radius 3 is 2.22 bits per heavy atom. The van der Waals surface area contributed by atoms with Gasteiger partial charge in [-0.3, -0.25) is 19.6 Å². The van der Waals surface area contributed by atoms with E-state index in [0.29, 0.717) is 28.4 Å². The number of aromatic amines is 2. The number of carbonyl (C=O) groups is 2.